The monoisotopic (exact) mass is 410 g/mol. The summed E-state index contributed by atoms with van der Waals surface area (Å²) in [5.74, 6) is -3.47. The minimum Gasteiger partial charge on any atom is -0.452 e. The molecule has 0 radical (unpaired) electrons. The lowest BCUT2D eigenvalue weighted by Gasteiger charge is -2.09. The van der Waals surface area contributed by atoms with E-state index in [-0.39, 0.29) is 17.0 Å². The van der Waals surface area contributed by atoms with Crippen LogP contribution in [-0.4, -0.2) is 33.4 Å². The smallest absolute Gasteiger partial charge is 0.338 e. The maximum atomic E-state index is 13.5. The maximum Gasteiger partial charge on any atom is 0.338 e. The number of carbonyl (C=O) groups is 2. The third-order valence-corrected chi connectivity index (χ3v) is 4.76. The molecule has 1 amide bonds. The lowest BCUT2D eigenvalue weighted by atomic mass is 10.2. The van der Waals surface area contributed by atoms with Crippen molar-refractivity contribution in [2.75, 3.05) is 18.5 Å². The van der Waals surface area contributed by atoms with Gasteiger partial charge in [0.1, 0.15) is 11.6 Å². The molecular weight excluding hydrogens is 394 g/mol. The van der Waals surface area contributed by atoms with Gasteiger partial charge in [-0.2, -0.15) is 0 Å². The van der Waals surface area contributed by atoms with Gasteiger partial charge in [0.2, 0.25) is 10.0 Å². The molecule has 148 valence electrons. The average Bonchev–Trinajstić information content (AvgIpc) is 2.67. The van der Waals surface area contributed by atoms with E-state index < -0.39 is 45.8 Å². The standard InChI is InChI=1S/C18H16F2N2O5S/c1-2-8-21-28(25,26)14-5-3-4-12(9-14)18(24)27-11-17(23)22-16-10-13(19)6-7-15(16)20/h2-7,9-10,21H,1,8,11H2,(H,22,23). The number of benzene rings is 2. The third kappa shape index (κ3) is 5.69. The first-order valence-electron chi connectivity index (χ1n) is 7.85. The Morgan fingerprint density at radius 2 is 1.89 bits per heavy atom. The quantitative estimate of drug-likeness (QED) is 0.513. The van der Waals surface area contributed by atoms with E-state index in [4.69, 9.17) is 4.74 Å². The van der Waals surface area contributed by atoms with E-state index >= 15 is 0 Å². The first-order chi connectivity index (χ1) is 13.2. The van der Waals surface area contributed by atoms with E-state index in [1.165, 1.54) is 24.3 Å². The summed E-state index contributed by atoms with van der Waals surface area (Å²) in [7, 11) is -3.84. The van der Waals surface area contributed by atoms with Gasteiger partial charge in [0.05, 0.1) is 16.1 Å². The Morgan fingerprint density at radius 1 is 1.14 bits per heavy atom. The number of rotatable bonds is 8. The van der Waals surface area contributed by atoms with Crippen LogP contribution in [0.25, 0.3) is 0 Å². The zero-order valence-corrected chi connectivity index (χ0v) is 15.3. The summed E-state index contributed by atoms with van der Waals surface area (Å²) in [6.07, 6.45) is 1.36. The fraction of sp³-hybridized carbons (Fsp3) is 0.111. The molecule has 2 aromatic carbocycles. The number of nitrogens with one attached hydrogen (secondary N) is 2. The van der Waals surface area contributed by atoms with Gasteiger partial charge < -0.3 is 10.1 Å². The van der Waals surface area contributed by atoms with Crippen molar-refractivity contribution in [2.24, 2.45) is 0 Å². The second-order valence-electron chi connectivity index (χ2n) is 5.42. The maximum absolute atomic E-state index is 13.5. The van der Waals surface area contributed by atoms with E-state index in [9.17, 15) is 26.8 Å². The van der Waals surface area contributed by atoms with Crippen LogP contribution >= 0.6 is 0 Å². The Bertz CT molecular complexity index is 1010. The predicted octanol–water partition coefficient (Wildman–Crippen LogP) is 2.22. The van der Waals surface area contributed by atoms with Gasteiger partial charge in [-0.25, -0.2) is 26.7 Å². The minimum atomic E-state index is -3.84. The molecule has 2 rings (SSSR count). The largest absolute Gasteiger partial charge is 0.452 e. The van der Waals surface area contributed by atoms with Crippen LogP contribution in [0.4, 0.5) is 14.5 Å². The molecule has 0 atom stereocenters. The van der Waals surface area contributed by atoms with Crippen LogP contribution < -0.4 is 10.0 Å². The average molecular weight is 410 g/mol. The van der Waals surface area contributed by atoms with E-state index in [2.05, 4.69) is 16.6 Å². The van der Waals surface area contributed by atoms with Crippen molar-refractivity contribution in [3.8, 4) is 0 Å². The van der Waals surface area contributed by atoms with E-state index in [0.717, 1.165) is 24.3 Å². The zero-order valence-electron chi connectivity index (χ0n) is 14.4. The highest BCUT2D eigenvalue weighted by Crippen LogP contribution is 2.15. The minimum absolute atomic E-state index is 0.00776. The number of anilines is 1. The van der Waals surface area contributed by atoms with Crippen LogP contribution in [0.3, 0.4) is 0 Å². The van der Waals surface area contributed by atoms with Crippen molar-refractivity contribution in [3.05, 3.63) is 72.3 Å². The number of hydrogen-bond donors (Lipinski definition) is 2. The molecule has 2 aromatic rings. The number of halogens is 2. The molecule has 0 heterocycles. The summed E-state index contributed by atoms with van der Waals surface area (Å²) in [6, 6.07) is 7.50. The summed E-state index contributed by atoms with van der Waals surface area (Å²) in [6.45, 7) is 2.63. The van der Waals surface area contributed by atoms with Crippen LogP contribution in [0.5, 0.6) is 0 Å². The fourth-order valence-electron chi connectivity index (χ4n) is 2.04. The highest BCUT2D eigenvalue weighted by molar-refractivity contribution is 7.89. The molecule has 0 unspecified atom stereocenters. The number of ether oxygens (including phenoxy) is 1. The van der Waals surface area contributed by atoms with Crippen molar-refractivity contribution >= 4 is 27.6 Å². The topological polar surface area (TPSA) is 102 Å². The molecule has 0 spiro atoms. The summed E-state index contributed by atoms with van der Waals surface area (Å²) < 4.78 is 57.7. The Hall–Kier alpha value is -3.11. The Balaban J connectivity index is 2.01. The van der Waals surface area contributed by atoms with Gasteiger partial charge in [-0.1, -0.05) is 12.1 Å². The highest BCUT2D eigenvalue weighted by atomic mass is 32.2. The summed E-state index contributed by atoms with van der Waals surface area (Å²) in [5.41, 5.74) is -0.506. The first-order valence-corrected chi connectivity index (χ1v) is 9.34. The zero-order chi connectivity index (χ0) is 20.7. The summed E-state index contributed by atoms with van der Waals surface area (Å²) in [5, 5.41) is 2.07. The fourth-order valence-corrected chi connectivity index (χ4v) is 3.08. The highest BCUT2D eigenvalue weighted by Gasteiger charge is 2.17. The van der Waals surface area contributed by atoms with Gasteiger partial charge in [-0.15, -0.1) is 6.58 Å². The molecule has 0 fully saturated rings. The molecule has 28 heavy (non-hydrogen) atoms. The van der Waals surface area contributed by atoms with Crippen molar-refractivity contribution in [2.45, 2.75) is 4.90 Å². The van der Waals surface area contributed by atoms with Crippen LogP contribution in [0.15, 0.2) is 60.0 Å². The number of carbonyl (C=O) groups excluding carboxylic acids is 2. The lowest BCUT2D eigenvalue weighted by molar-refractivity contribution is -0.119. The van der Waals surface area contributed by atoms with Gasteiger partial charge in [0, 0.05) is 12.6 Å². The number of esters is 1. The van der Waals surface area contributed by atoms with Crippen LogP contribution in [0.2, 0.25) is 0 Å². The molecule has 0 aromatic heterocycles. The van der Waals surface area contributed by atoms with Gasteiger partial charge >= 0.3 is 5.97 Å². The van der Waals surface area contributed by atoms with Crippen molar-refractivity contribution < 1.29 is 31.5 Å². The SMILES string of the molecule is C=CCNS(=O)(=O)c1cccc(C(=O)OCC(=O)Nc2cc(F)ccc2F)c1. The summed E-state index contributed by atoms with van der Waals surface area (Å²) >= 11 is 0. The van der Waals surface area contributed by atoms with Gasteiger partial charge in [0.15, 0.2) is 6.61 Å². The second-order valence-corrected chi connectivity index (χ2v) is 7.18. The Morgan fingerprint density at radius 3 is 2.61 bits per heavy atom. The molecule has 0 bridgehead atoms. The second kappa shape index (κ2) is 9.20. The molecule has 0 saturated heterocycles. The number of sulfonamides is 1. The van der Waals surface area contributed by atoms with Crippen molar-refractivity contribution in [1.82, 2.24) is 4.72 Å². The molecule has 0 aliphatic rings. The van der Waals surface area contributed by atoms with Crippen molar-refractivity contribution in [3.63, 3.8) is 0 Å². The normalized spacial score (nSPS) is 10.9. The van der Waals surface area contributed by atoms with E-state index in [1.54, 1.807) is 0 Å². The number of hydrogen-bond acceptors (Lipinski definition) is 5. The van der Waals surface area contributed by atoms with Crippen LogP contribution in [-0.2, 0) is 19.6 Å². The van der Waals surface area contributed by atoms with Crippen LogP contribution in [0, 0.1) is 11.6 Å². The van der Waals surface area contributed by atoms with Crippen LogP contribution in [0.1, 0.15) is 10.4 Å². The molecule has 0 aliphatic carbocycles. The molecule has 10 heteroatoms. The van der Waals surface area contributed by atoms with E-state index in [1.807, 2.05) is 0 Å². The molecule has 2 N–H and O–H groups in total. The molecule has 0 saturated carbocycles. The first kappa shape index (κ1) is 21.2. The van der Waals surface area contributed by atoms with Gasteiger partial charge in [-0.05, 0) is 30.3 Å². The molecular formula is C18H16F2N2O5S. The molecule has 7 nitrogen and oxygen atoms in total. The van der Waals surface area contributed by atoms with E-state index in [0.29, 0.717) is 0 Å². The Kier molecular flexibility index (Phi) is 6.96. The lowest BCUT2D eigenvalue weighted by Crippen LogP contribution is -2.24. The van der Waals surface area contributed by atoms with Crippen molar-refractivity contribution in [1.29, 1.82) is 0 Å². The van der Waals surface area contributed by atoms with Gasteiger partial charge in [0.25, 0.3) is 5.91 Å². The Labute approximate surface area is 160 Å². The number of amides is 1. The third-order valence-electron chi connectivity index (χ3n) is 3.33. The van der Waals surface area contributed by atoms with Gasteiger partial charge in [-0.3, -0.25) is 4.79 Å². The predicted molar refractivity (Wildman–Crippen MR) is 97.1 cm³/mol. The summed E-state index contributed by atoms with van der Waals surface area (Å²) in [4.78, 5) is 23.6. The molecule has 0 aliphatic heterocycles.